The maximum atomic E-state index is 4.52. The van der Waals surface area contributed by atoms with E-state index in [4.69, 9.17) is 0 Å². The molecule has 0 amide bonds. The van der Waals surface area contributed by atoms with Gasteiger partial charge in [-0.2, -0.15) is 0 Å². The molecule has 1 aliphatic rings. The highest BCUT2D eigenvalue weighted by Crippen LogP contribution is 2.18. The lowest BCUT2D eigenvalue weighted by Gasteiger charge is -2.23. The van der Waals surface area contributed by atoms with Crippen LogP contribution in [-0.4, -0.2) is 47.6 Å². The summed E-state index contributed by atoms with van der Waals surface area (Å²) in [4.78, 5) is 13.4. The fourth-order valence-electron chi connectivity index (χ4n) is 3.23. The molecule has 6 nitrogen and oxygen atoms in total. The fraction of sp³-hybridized carbons (Fsp3) is 0.474. The Morgan fingerprint density at radius 1 is 1.31 bits per heavy atom. The van der Waals surface area contributed by atoms with Crippen molar-refractivity contribution in [2.24, 2.45) is 12.0 Å². The Kier molecular flexibility index (Phi) is 7.74. The first-order valence-electron chi connectivity index (χ1n) is 8.89. The highest BCUT2D eigenvalue weighted by atomic mass is 127. The van der Waals surface area contributed by atoms with E-state index in [1.807, 2.05) is 13.2 Å². The van der Waals surface area contributed by atoms with Gasteiger partial charge in [-0.15, -0.1) is 24.0 Å². The number of rotatable bonds is 5. The SMILES string of the molecule is CN=C(NCc1ccnc(N2CCCC2)c1)N(C)Cc1cccn1C.I. The first kappa shape index (κ1) is 20.5. The summed E-state index contributed by atoms with van der Waals surface area (Å²) in [6.07, 6.45) is 6.50. The third-order valence-electron chi connectivity index (χ3n) is 4.71. The summed E-state index contributed by atoms with van der Waals surface area (Å²) in [5, 5.41) is 3.46. The lowest BCUT2D eigenvalue weighted by atomic mass is 10.2. The quantitative estimate of drug-likeness (QED) is 0.417. The van der Waals surface area contributed by atoms with Crippen LogP contribution in [0.3, 0.4) is 0 Å². The Labute approximate surface area is 173 Å². The van der Waals surface area contributed by atoms with Crippen molar-refractivity contribution < 1.29 is 0 Å². The second-order valence-corrected chi connectivity index (χ2v) is 6.58. The molecule has 0 saturated carbocycles. The molecule has 1 N–H and O–H groups in total. The van der Waals surface area contributed by atoms with E-state index in [0.29, 0.717) is 0 Å². The van der Waals surface area contributed by atoms with E-state index < -0.39 is 0 Å². The van der Waals surface area contributed by atoms with Gasteiger partial charge in [-0.3, -0.25) is 4.99 Å². The molecule has 0 unspecified atom stereocenters. The van der Waals surface area contributed by atoms with Crippen LogP contribution in [0.2, 0.25) is 0 Å². The molecule has 2 aromatic rings. The number of guanidine groups is 1. The Bertz CT molecular complexity index is 720. The van der Waals surface area contributed by atoms with Gasteiger partial charge >= 0.3 is 0 Å². The van der Waals surface area contributed by atoms with Crippen LogP contribution in [0, 0.1) is 0 Å². The van der Waals surface area contributed by atoms with E-state index in [9.17, 15) is 0 Å². The molecule has 2 aromatic heterocycles. The molecule has 3 rings (SSSR count). The van der Waals surface area contributed by atoms with Gasteiger partial charge in [0.25, 0.3) is 0 Å². The maximum Gasteiger partial charge on any atom is 0.194 e. The number of anilines is 1. The molecule has 0 spiro atoms. The predicted molar refractivity (Wildman–Crippen MR) is 118 cm³/mol. The van der Waals surface area contributed by atoms with Gasteiger partial charge < -0.3 is 19.7 Å². The normalized spacial score (nSPS) is 14.3. The first-order valence-corrected chi connectivity index (χ1v) is 8.89. The van der Waals surface area contributed by atoms with Gasteiger partial charge in [0, 0.05) is 58.9 Å². The summed E-state index contributed by atoms with van der Waals surface area (Å²) < 4.78 is 2.13. The van der Waals surface area contributed by atoms with Crippen LogP contribution < -0.4 is 10.2 Å². The van der Waals surface area contributed by atoms with E-state index in [1.165, 1.54) is 24.1 Å². The number of halogens is 1. The van der Waals surface area contributed by atoms with Crippen LogP contribution in [0.1, 0.15) is 24.1 Å². The standard InChI is InChI=1S/C19H28N6.HI/c1-20-19(24(3)15-17-7-6-10-23(17)2)22-14-16-8-9-21-18(13-16)25-11-4-5-12-25;/h6-10,13H,4-5,11-12,14-15H2,1-3H3,(H,20,22);1H. The van der Waals surface area contributed by atoms with Gasteiger partial charge in [0.1, 0.15) is 5.82 Å². The minimum absolute atomic E-state index is 0. The molecular formula is C19H29IN6. The van der Waals surface area contributed by atoms with Gasteiger partial charge in [-0.1, -0.05) is 0 Å². The highest BCUT2D eigenvalue weighted by molar-refractivity contribution is 14.0. The summed E-state index contributed by atoms with van der Waals surface area (Å²) in [6, 6.07) is 8.45. The summed E-state index contributed by atoms with van der Waals surface area (Å²) in [6.45, 7) is 3.79. The summed E-state index contributed by atoms with van der Waals surface area (Å²) in [7, 11) is 5.95. The van der Waals surface area contributed by atoms with Crippen molar-refractivity contribution >= 4 is 35.8 Å². The fourth-order valence-corrected chi connectivity index (χ4v) is 3.23. The van der Waals surface area contributed by atoms with Crippen LogP contribution in [0.15, 0.2) is 41.7 Å². The van der Waals surface area contributed by atoms with Crippen molar-refractivity contribution in [2.45, 2.75) is 25.9 Å². The maximum absolute atomic E-state index is 4.52. The number of aliphatic imine (C=N–C) groups is 1. The molecule has 0 aromatic carbocycles. The third-order valence-corrected chi connectivity index (χ3v) is 4.71. The summed E-state index contributed by atoms with van der Waals surface area (Å²) in [5.41, 5.74) is 2.48. The van der Waals surface area contributed by atoms with Crippen molar-refractivity contribution in [3.05, 3.63) is 47.9 Å². The number of aromatic nitrogens is 2. The number of nitrogens with zero attached hydrogens (tertiary/aromatic N) is 5. The van der Waals surface area contributed by atoms with E-state index >= 15 is 0 Å². The third kappa shape index (κ3) is 5.12. The number of aryl methyl sites for hydroxylation is 1. The highest BCUT2D eigenvalue weighted by Gasteiger charge is 2.14. The summed E-state index contributed by atoms with van der Waals surface area (Å²) >= 11 is 0. The Balaban J connectivity index is 0.00000243. The van der Waals surface area contributed by atoms with Crippen LogP contribution >= 0.6 is 24.0 Å². The van der Waals surface area contributed by atoms with Crippen LogP contribution in [-0.2, 0) is 20.1 Å². The zero-order chi connectivity index (χ0) is 17.6. The molecule has 7 heteroatoms. The van der Waals surface area contributed by atoms with E-state index in [-0.39, 0.29) is 24.0 Å². The van der Waals surface area contributed by atoms with Crippen molar-refractivity contribution in [3.63, 3.8) is 0 Å². The van der Waals surface area contributed by atoms with Crippen LogP contribution in [0.25, 0.3) is 0 Å². The minimum Gasteiger partial charge on any atom is -0.357 e. The molecule has 1 fully saturated rings. The van der Waals surface area contributed by atoms with Crippen molar-refractivity contribution in [1.29, 1.82) is 0 Å². The Morgan fingerprint density at radius 2 is 2.08 bits per heavy atom. The molecule has 0 atom stereocenters. The zero-order valence-corrected chi connectivity index (χ0v) is 18.2. The second kappa shape index (κ2) is 9.80. The van der Waals surface area contributed by atoms with Crippen molar-refractivity contribution in [1.82, 2.24) is 19.8 Å². The molecule has 1 aliphatic heterocycles. The Morgan fingerprint density at radius 3 is 2.73 bits per heavy atom. The van der Waals surface area contributed by atoms with Gasteiger partial charge in [0.15, 0.2) is 5.96 Å². The topological polar surface area (TPSA) is 48.7 Å². The lowest BCUT2D eigenvalue weighted by Crippen LogP contribution is -2.38. The average Bonchev–Trinajstić information content (AvgIpc) is 3.28. The van der Waals surface area contributed by atoms with Gasteiger partial charge in [0.05, 0.1) is 6.54 Å². The van der Waals surface area contributed by atoms with E-state index in [0.717, 1.165) is 38.0 Å². The number of hydrogen-bond acceptors (Lipinski definition) is 3. The van der Waals surface area contributed by atoms with Crippen molar-refractivity contribution in [2.75, 3.05) is 32.1 Å². The second-order valence-electron chi connectivity index (χ2n) is 6.58. The van der Waals surface area contributed by atoms with Crippen molar-refractivity contribution in [3.8, 4) is 0 Å². The minimum atomic E-state index is 0. The molecule has 1 saturated heterocycles. The summed E-state index contributed by atoms with van der Waals surface area (Å²) in [5.74, 6) is 1.98. The largest absolute Gasteiger partial charge is 0.357 e. The van der Waals surface area contributed by atoms with E-state index in [1.54, 1.807) is 0 Å². The molecule has 0 radical (unpaired) electrons. The van der Waals surface area contributed by atoms with Gasteiger partial charge in [-0.05, 0) is 42.7 Å². The van der Waals surface area contributed by atoms with E-state index in [2.05, 4.69) is 74.2 Å². The predicted octanol–water partition coefficient (Wildman–Crippen LogP) is 2.85. The van der Waals surface area contributed by atoms with Gasteiger partial charge in [-0.25, -0.2) is 4.98 Å². The molecule has 142 valence electrons. The molecule has 0 aliphatic carbocycles. The smallest absolute Gasteiger partial charge is 0.194 e. The first-order chi connectivity index (χ1) is 12.2. The Hall–Kier alpha value is -1.77. The molecular weight excluding hydrogens is 439 g/mol. The average molecular weight is 468 g/mol. The van der Waals surface area contributed by atoms with Crippen LogP contribution in [0.5, 0.6) is 0 Å². The molecule has 3 heterocycles. The van der Waals surface area contributed by atoms with Crippen LogP contribution in [0.4, 0.5) is 5.82 Å². The van der Waals surface area contributed by atoms with Gasteiger partial charge in [0.2, 0.25) is 0 Å². The number of hydrogen-bond donors (Lipinski definition) is 1. The molecule has 26 heavy (non-hydrogen) atoms. The zero-order valence-electron chi connectivity index (χ0n) is 15.9. The monoisotopic (exact) mass is 468 g/mol. The number of pyridine rings is 1. The number of nitrogens with one attached hydrogen (secondary N) is 1. The lowest BCUT2D eigenvalue weighted by molar-refractivity contribution is 0.461. The molecule has 0 bridgehead atoms.